The Morgan fingerprint density at radius 2 is 1.80 bits per heavy atom. The zero-order valence-corrected chi connectivity index (χ0v) is 11.6. The first-order valence-electron chi connectivity index (χ1n) is 6.18. The van der Waals surface area contributed by atoms with Crippen molar-refractivity contribution in [2.45, 2.75) is 24.8 Å². The molecular weight excluding hydrogens is 284 g/mol. The Labute approximate surface area is 121 Å². The predicted molar refractivity (Wildman–Crippen MR) is 74.3 cm³/mol. The van der Waals surface area contributed by atoms with Gasteiger partial charge in [-0.25, -0.2) is 0 Å². The van der Waals surface area contributed by atoms with Crippen LogP contribution in [0.2, 0.25) is 0 Å². The largest absolute Gasteiger partial charge is 0.434 e. The zero-order chi connectivity index (χ0) is 14.5. The molecule has 106 valence electrons. The fourth-order valence-corrected chi connectivity index (χ4v) is 2.29. The fraction of sp³-hybridized carbons (Fsp3) is 0.267. The molecule has 2 atom stereocenters. The summed E-state index contributed by atoms with van der Waals surface area (Å²) in [4.78, 5) is 4.24. The fourth-order valence-electron chi connectivity index (χ4n) is 1.98. The van der Waals surface area contributed by atoms with Crippen molar-refractivity contribution in [2.24, 2.45) is 0 Å². The molecule has 0 aliphatic carbocycles. The Morgan fingerprint density at radius 3 is 2.45 bits per heavy atom. The molecule has 5 heteroatoms. The first-order valence-corrected chi connectivity index (χ1v) is 6.62. The highest BCUT2D eigenvalue weighted by molar-refractivity contribution is 6.21. The third-order valence-electron chi connectivity index (χ3n) is 3.03. The molecule has 20 heavy (non-hydrogen) atoms. The topological polar surface area (TPSA) is 22.1 Å². The van der Waals surface area contributed by atoms with Gasteiger partial charge in [-0.3, -0.25) is 4.98 Å². The van der Waals surface area contributed by atoms with Crippen molar-refractivity contribution in [1.29, 1.82) is 0 Å². The van der Waals surface area contributed by atoms with Gasteiger partial charge in [-0.1, -0.05) is 31.2 Å². The quantitative estimate of drug-likeness (QED) is 0.742. The number of benzene rings is 1. The van der Waals surface area contributed by atoms with E-state index in [2.05, 4.69) is 9.72 Å². The normalized spacial score (nSPS) is 14.1. The maximum absolute atomic E-state index is 12.4. The molecule has 0 bridgehead atoms. The molecule has 2 nitrogen and oxygen atoms in total. The number of nitrogens with zero attached hydrogens (tertiary/aromatic N) is 1. The van der Waals surface area contributed by atoms with E-state index in [0.717, 1.165) is 5.69 Å². The average Bonchev–Trinajstić information content (AvgIpc) is 2.46. The van der Waals surface area contributed by atoms with Crippen molar-refractivity contribution in [3.63, 3.8) is 0 Å². The summed E-state index contributed by atoms with van der Waals surface area (Å²) < 4.78 is 29.3. The van der Waals surface area contributed by atoms with Crippen LogP contribution < -0.4 is 4.74 Å². The predicted octanol–water partition coefficient (Wildman–Crippen LogP) is 4.77. The second-order valence-electron chi connectivity index (χ2n) is 4.36. The smallest absolute Gasteiger partial charge is 0.387 e. The van der Waals surface area contributed by atoms with Gasteiger partial charge in [0.1, 0.15) is 5.75 Å². The van der Waals surface area contributed by atoms with E-state index in [1.807, 2.05) is 25.1 Å². The number of hydrogen-bond acceptors (Lipinski definition) is 2. The molecule has 2 rings (SSSR count). The van der Waals surface area contributed by atoms with Crippen LogP contribution in [-0.2, 0) is 0 Å². The lowest BCUT2D eigenvalue weighted by Gasteiger charge is -2.20. The molecule has 1 aromatic carbocycles. The summed E-state index contributed by atoms with van der Waals surface area (Å²) in [7, 11) is 0. The maximum atomic E-state index is 12.4. The Bertz CT molecular complexity index is 551. The van der Waals surface area contributed by atoms with Crippen LogP contribution in [-0.4, -0.2) is 11.6 Å². The summed E-state index contributed by atoms with van der Waals surface area (Å²) in [5, 5.41) is -0.500. The van der Waals surface area contributed by atoms with E-state index in [9.17, 15) is 8.78 Å². The van der Waals surface area contributed by atoms with Crippen LogP contribution in [0.1, 0.15) is 29.5 Å². The van der Waals surface area contributed by atoms with Crippen LogP contribution in [0.3, 0.4) is 0 Å². The lowest BCUT2D eigenvalue weighted by molar-refractivity contribution is -0.0505. The lowest BCUT2D eigenvalue weighted by atomic mass is 9.96. The molecule has 0 N–H and O–H groups in total. The van der Waals surface area contributed by atoms with Gasteiger partial charge in [0, 0.05) is 23.4 Å². The summed E-state index contributed by atoms with van der Waals surface area (Å²) in [6.07, 6.45) is 1.68. The third kappa shape index (κ3) is 3.45. The van der Waals surface area contributed by atoms with Gasteiger partial charge in [-0.15, -0.1) is 11.6 Å². The van der Waals surface area contributed by atoms with Gasteiger partial charge in [-0.05, 0) is 18.2 Å². The molecule has 0 spiro atoms. The standard InChI is InChI=1S/C15H14ClF2NO/c1-10(12-7-4-5-9-19-12)14(16)11-6-2-3-8-13(11)20-15(17)18/h2-10,14-15H,1H3. The highest BCUT2D eigenvalue weighted by Gasteiger charge is 2.23. The average molecular weight is 298 g/mol. The third-order valence-corrected chi connectivity index (χ3v) is 3.64. The highest BCUT2D eigenvalue weighted by atomic mass is 35.5. The Morgan fingerprint density at radius 1 is 1.10 bits per heavy atom. The van der Waals surface area contributed by atoms with Crippen molar-refractivity contribution >= 4 is 11.6 Å². The van der Waals surface area contributed by atoms with Crippen LogP contribution in [0.25, 0.3) is 0 Å². The molecule has 2 aromatic rings. The van der Waals surface area contributed by atoms with Gasteiger partial charge in [0.05, 0.1) is 5.38 Å². The van der Waals surface area contributed by atoms with Crippen LogP contribution >= 0.6 is 11.6 Å². The molecule has 0 saturated carbocycles. The minimum Gasteiger partial charge on any atom is -0.434 e. The number of hydrogen-bond donors (Lipinski definition) is 0. The number of ether oxygens (including phenoxy) is 1. The number of aromatic nitrogens is 1. The van der Waals surface area contributed by atoms with Gasteiger partial charge in [0.15, 0.2) is 0 Å². The SMILES string of the molecule is CC(c1ccccn1)C(Cl)c1ccccc1OC(F)F. The Hall–Kier alpha value is -1.68. The number of pyridine rings is 1. The molecule has 0 saturated heterocycles. The minimum absolute atomic E-state index is 0.102. The van der Waals surface area contributed by atoms with E-state index < -0.39 is 12.0 Å². The van der Waals surface area contributed by atoms with Crippen LogP contribution in [0.4, 0.5) is 8.78 Å². The molecular formula is C15H14ClF2NO. The van der Waals surface area contributed by atoms with Crippen LogP contribution in [0.15, 0.2) is 48.7 Å². The summed E-state index contributed by atoms with van der Waals surface area (Å²) in [6.45, 7) is -0.968. The van der Waals surface area contributed by atoms with E-state index in [0.29, 0.717) is 5.56 Å². The van der Waals surface area contributed by atoms with E-state index in [1.165, 1.54) is 6.07 Å². The van der Waals surface area contributed by atoms with E-state index in [4.69, 9.17) is 11.6 Å². The molecule has 1 aromatic heterocycles. The van der Waals surface area contributed by atoms with E-state index in [-0.39, 0.29) is 11.7 Å². The Balaban J connectivity index is 2.27. The molecule has 1 heterocycles. The van der Waals surface area contributed by atoms with Gasteiger partial charge < -0.3 is 4.74 Å². The first kappa shape index (κ1) is 14.7. The molecule has 0 fully saturated rings. The van der Waals surface area contributed by atoms with Gasteiger partial charge in [0.2, 0.25) is 0 Å². The lowest BCUT2D eigenvalue weighted by Crippen LogP contribution is -2.09. The number of alkyl halides is 3. The Kier molecular flexibility index (Phi) is 4.90. The van der Waals surface area contributed by atoms with Crippen molar-refractivity contribution in [3.8, 4) is 5.75 Å². The second-order valence-corrected chi connectivity index (χ2v) is 4.83. The number of halogens is 3. The monoisotopic (exact) mass is 297 g/mol. The summed E-state index contributed by atoms with van der Waals surface area (Å²) in [6, 6.07) is 12.1. The molecule has 0 aliphatic rings. The summed E-state index contributed by atoms with van der Waals surface area (Å²) >= 11 is 6.41. The highest BCUT2D eigenvalue weighted by Crippen LogP contribution is 2.39. The van der Waals surface area contributed by atoms with Crippen LogP contribution in [0, 0.1) is 0 Å². The van der Waals surface area contributed by atoms with Crippen LogP contribution in [0.5, 0.6) is 5.75 Å². The van der Waals surface area contributed by atoms with E-state index in [1.54, 1.807) is 24.4 Å². The molecule has 0 amide bonds. The summed E-state index contributed by atoms with van der Waals surface area (Å²) in [5.41, 5.74) is 1.34. The van der Waals surface area contributed by atoms with Crippen molar-refractivity contribution in [1.82, 2.24) is 4.98 Å². The van der Waals surface area contributed by atoms with Gasteiger partial charge in [-0.2, -0.15) is 8.78 Å². The number of para-hydroxylation sites is 1. The number of rotatable bonds is 5. The first-order chi connectivity index (χ1) is 9.59. The van der Waals surface area contributed by atoms with Crippen molar-refractivity contribution in [2.75, 3.05) is 0 Å². The second kappa shape index (κ2) is 6.66. The molecule has 0 radical (unpaired) electrons. The molecule has 0 aliphatic heterocycles. The van der Waals surface area contributed by atoms with Crippen molar-refractivity contribution in [3.05, 3.63) is 59.9 Å². The maximum Gasteiger partial charge on any atom is 0.387 e. The van der Waals surface area contributed by atoms with Gasteiger partial charge in [0.25, 0.3) is 0 Å². The summed E-state index contributed by atoms with van der Waals surface area (Å²) in [5.74, 6) is -0.0226. The minimum atomic E-state index is -2.87. The van der Waals surface area contributed by atoms with Gasteiger partial charge >= 0.3 is 6.61 Å². The van der Waals surface area contributed by atoms with Crippen molar-refractivity contribution < 1.29 is 13.5 Å². The van der Waals surface area contributed by atoms with E-state index >= 15 is 0 Å². The molecule has 2 unspecified atom stereocenters. The zero-order valence-electron chi connectivity index (χ0n) is 10.8.